The SMILES string of the molecule is CCCCCCCCCCCCCCC(C)(C)C=O.CN(C)C=O. The molecule has 0 aromatic rings. The first-order valence-corrected chi connectivity index (χ1v) is 9.97. The third-order valence-electron chi connectivity index (χ3n) is 4.20. The minimum absolute atomic E-state index is 0.0987. The molecular weight excluding hydrogens is 298 g/mol. The van der Waals surface area contributed by atoms with E-state index in [1.54, 1.807) is 14.1 Å². The van der Waals surface area contributed by atoms with E-state index in [-0.39, 0.29) is 5.41 Å². The van der Waals surface area contributed by atoms with Crippen molar-refractivity contribution in [3.63, 3.8) is 0 Å². The molecule has 0 heterocycles. The monoisotopic (exact) mass is 341 g/mol. The van der Waals surface area contributed by atoms with Crippen LogP contribution in [-0.2, 0) is 9.59 Å². The summed E-state index contributed by atoms with van der Waals surface area (Å²) in [5.41, 5.74) is -0.0987. The molecule has 144 valence electrons. The average Bonchev–Trinajstić information content (AvgIpc) is 2.56. The number of aldehydes is 1. The van der Waals surface area contributed by atoms with E-state index in [9.17, 15) is 9.59 Å². The Morgan fingerprint density at radius 2 is 1.04 bits per heavy atom. The van der Waals surface area contributed by atoms with Crippen LogP contribution >= 0.6 is 0 Å². The summed E-state index contributed by atoms with van der Waals surface area (Å²) in [6.45, 7) is 6.35. The van der Waals surface area contributed by atoms with Crippen molar-refractivity contribution in [3.8, 4) is 0 Å². The molecule has 0 aliphatic heterocycles. The second kappa shape index (κ2) is 18.5. The van der Waals surface area contributed by atoms with E-state index in [4.69, 9.17) is 0 Å². The molecule has 0 aromatic carbocycles. The molecule has 0 spiro atoms. The van der Waals surface area contributed by atoms with Gasteiger partial charge in [-0.2, -0.15) is 0 Å². The number of hydrogen-bond donors (Lipinski definition) is 0. The fraction of sp³-hybridized carbons (Fsp3) is 0.905. The number of nitrogens with zero attached hydrogens (tertiary/aromatic N) is 1. The highest BCUT2D eigenvalue weighted by molar-refractivity contribution is 5.57. The maximum Gasteiger partial charge on any atom is 0.209 e. The van der Waals surface area contributed by atoms with Crippen molar-refractivity contribution in [2.45, 2.75) is 104 Å². The van der Waals surface area contributed by atoms with Crippen molar-refractivity contribution >= 4 is 12.7 Å². The Morgan fingerprint density at radius 1 is 0.708 bits per heavy atom. The van der Waals surface area contributed by atoms with Gasteiger partial charge in [-0.25, -0.2) is 0 Å². The normalized spacial score (nSPS) is 10.7. The van der Waals surface area contributed by atoms with Gasteiger partial charge in [-0.3, -0.25) is 4.79 Å². The fourth-order valence-electron chi connectivity index (χ4n) is 2.48. The smallest absolute Gasteiger partial charge is 0.209 e. The highest BCUT2D eigenvalue weighted by atomic mass is 16.1. The highest BCUT2D eigenvalue weighted by Gasteiger charge is 2.14. The van der Waals surface area contributed by atoms with E-state index in [1.807, 2.05) is 13.8 Å². The number of carbonyl (C=O) groups excluding carboxylic acids is 2. The van der Waals surface area contributed by atoms with Gasteiger partial charge >= 0.3 is 0 Å². The summed E-state index contributed by atoms with van der Waals surface area (Å²) in [7, 11) is 3.38. The van der Waals surface area contributed by atoms with Gasteiger partial charge in [0, 0.05) is 19.5 Å². The molecule has 1 amide bonds. The van der Waals surface area contributed by atoms with Crippen LogP contribution in [0.15, 0.2) is 0 Å². The van der Waals surface area contributed by atoms with E-state index < -0.39 is 0 Å². The van der Waals surface area contributed by atoms with Crippen LogP contribution in [0, 0.1) is 5.41 Å². The lowest BCUT2D eigenvalue weighted by molar-refractivity contribution is -0.116. The van der Waals surface area contributed by atoms with Crippen molar-refractivity contribution in [1.82, 2.24) is 4.90 Å². The Labute approximate surface area is 151 Å². The molecule has 0 fully saturated rings. The standard InChI is InChI=1S/C18H36O.C3H7NO/c1-4-5-6-7-8-9-10-11-12-13-14-15-16-18(2,3)17-19;1-4(2)3-5/h17H,4-16H2,1-3H3;3H,1-2H3. The lowest BCUT2D eigenvalue weighted by Crippen LogP contribution is -2.12. The van der Waals surface area contributed by atoms with Crippen LogP contribution in [0.2, 0.25) is 0 Å². The van der Waals surface area contributed by atoms with Gasteiger partial charge in [-0.15, -0.1) is 0 Å². The number of hydrogen-bond acceptors (Lipinski definition) is 2. The van der Waals surface area contributed by atoms with E-state index >= 15 is 0 Å². The number of carbonyl (C=O) groups is 2. The summed E-state index contributed by atoms with van der Waals surface area (Å²) in [6, 6.07) is 0. The summed E-state index contributed by atoms with van der Waals surface area (Å²) in [6.07, 6.45) is 19.5. The summed E-state index contributed by atoms with van der Waals surface area (Å²) in [5, 5.41) is 0. The predicted molar refractivity (Wildman–Crippen MR) is 105 cm³/mol. The van der Waals surface area contributed by atoms with Crippen LogP contribution in [0.25, 0.3) is 0 Å². The third-order valence-corrected chi connectivity index (χ3v) is 4.20. The second-order valence-corrected chi connectivity index (χ2v) is 7.81. The second-order valence-electron chi connectivity index (χ2n) is 7.81. The van der Waals surface area contributed by atoms with Crippen molar-refractivity contribution in [1.29, 1.82) is 0 Å². The fourth-order valence-corrected chi connectivity index (χ4v) is 2.48. The first-order chi connectivity index (χ1) is 11.4. The summed E-state index contributed by atoms with van der Waals surface area (Å²) < 4.78 is 0. The van der Waals surface area contributed by atoms with Crippen molar-refractivity contribution in [3.05, 3.63) is 0 Å². The maximum absolute atomic E-state index is 10.8. The van der Waals surface area contributed by atoms with E-state index in [0.29, 0.717) is 0 Å². The zero-order valence-electron chi connectivity index (χ0n) is 17.1. The van der Waals surface area contributed by atoms with E-state index in [2.05, 4.69) is 6.92 Å². The van der Waals surface area contributed by atoms with Gasteiger partial charge in [0.05, 0.1) is 0 Å². The van der Waals surface area contributed by atoms with Gasteiger partial charge in [-0.1, -0.05) is 97.8 Å². The molecule has 0 rings (SSSR count). The van der Waals surface area contributed by atoms with Crippen LogP contribution in [0.4, 0.5) is 0 Å². The van der Waals surface area contributed by atoms with Crippen molar-refractivity contribution in [2.75, 3.05) is 14.1 Å². The molecule has 0 N–H and O–H groups in total. The predicted octanol–water partition coefficient (Wildman–Crippen LogP) is 6.01. The summed E-state index contributed by atoms with van der Waals surface area (Å²) in [4.78, 5) is 21.6. The Morgan fingerprint density at radius 3 is 1.33 bits per heavy atom. The third kappa shape index (κ3) is 23.4. The summed E-state index contributed by atoms with van der Waals surface area (Å²) >= 11 is 0. The minimum atomic E-state index is -0.0987. The molecule has 0 aliphatic rings. The lowest BCUT2D eigenvalue weighted by Gasteiger charge is -2.15. The molecule has 3 heteroatoms. The molecule has 0 aromatic heterocycles. The van der Waals surface area contributed by atoms with Crippen LogP contribution < -0.4 is 0 Å². The quantitative estimate of drug-likeness (QED) is 0.270. The average molecular weight is 342 g/mol. The number of unbranched alkanes of at least 4 members (excludes halogenated alkanes) is 11. The van der Waals surface area contributed by atoms with Gasteiger partial charge in [0.25, 0.3) is 0 Å². The Bertz CT molecular complexity index is 275. The molecule has 0 unspecified atom stereocenters. The summed E-state index contributed by atoms with van der Waals surface area (Å²) in [5.74, 6) is 0. The molecule has 3 nitrogen and oxygen atoms in total. The molecule has 24 heavy (non-hydrogen) atoms. The van der Waals surface area contributed by atoms with Crippen molar-refractivity contribution in [2.24, 2.45) is 5.41 Å². The van der Waals surface area contributed by atoms with Gasteiger partial charge in [0.1, 0.15) is 6.29 Å². The van der Waals surface area contributed by atoms with Crippen LogP contribution in [0.5, 0.6) is 0 Å². The maximum atomic E-state index is 10.8. The zero-order valence-corrected chi connectivity index (χ0v) is 17.1. The molecule has 0 bridgehead atoms. The van der Waals surface area contributed by atoms with Gasteiger partial charge in [0.15, 0.2) is 0 Å². The molecule has 0 radical (unpaired) electrons. The number of rotatable bonds is 15. The van der Waals surface area contributed by atoms with E-state index in [1.165, 1.54) is 81.9 Å². The highest BCUT2D eigenvalue weighted by Crippen LogP contribution is 2.21. The molecule has 0 atom stereocenters. The van der Waals surface area contributed by atoms with Gasteiger partial charge in [-0.05, 0) is 6.42 Å². The lowest BCUT2D eigenvalue weighted by atomic mass is 9.88. The van der Waals surface area contributed by atoms with Crippen LogP contribution in [0.3, 0.4) is 0 Å². The molecule has 0 saturated heterocycles. The topological polar surface area (TPSA) is 37.4 Å². The molecule has 0 aliphatic carbocycles. The van der Waals surface area contributed by atoms with Crippen LogP contribution in [-0.4, -0.2) is 31.7 Å². The number of amides is 1. The first kappa shape index (κ1) is 25.4. The van der Waals surface area contributed by atoms with Gasteiger partial charge in [0.2, 0.25) is 6.41 Å². The molecular formula is C21H43NO2. The first-order valence-electron chi connectivity index (χ1n) is 9.97. The zero-order chi connectivity index (χ0) is 18.7. The minimum Gasteiger partial charge on any atom is -0.351 e. The van der Waals surface area contributed by atoms with Crippen LogP contribution in [0.1, 0.15) is 104 Å². The Hall–Kier alpha value is -0.860. The van der Waals surface area contributed by atoms with Crippen molar-refractivity contribution < 1.29 is 9.59 Å². The van der Waals surface area contributed by atoms with E-state index in [0.717, 1.165) is 19.1 Å². The largest absolute Gasteiger partial charge is 0.351 e. The Balaban J connectivity index is 0. The Kier molecular flexibility index (Phi) is 19.5. The molecule has 0 saturated carbocycles. The van der Waals surface area contributed by atoms with Gasteiger partial charge < -0.3 is 9.69 Å².